The Morgan fingerprint density at radius 3 is 2.50 bits per heavy atom. The number of thiophene rings is 1. The van der Waals surface area contributed by atoms with Crippen LogP contribution < -0.4 is 10.0 Å². The summed E-state index contributed by atoms with van der Waals surface area (Å²) in [5.41, 5.74) is 1.36. The Labute approximate surface area is 169 Å². The van der Waals surface area contributed by atoms with E-state index in [1.165, 1.54) is 42.5 Å². The van der Waals surface area contributed by atoms with Crippen LogP contribution in [0.4, 0.5) is 5.13 Å². The van der Waals surface area contributed by atoms with Gasteiger partial charge < -0.3 is 5.32 Å². The Balaban J connectivity index is 1.51. The first-order valence-electron chi connectivity index (χ1n) is 8.12. The average Bonchev–Trinajstić information content (AvgIpc) is 3.33. The highest BCUT2D eigenvalue weighted by Crippen LogP contribution is 2.27. The molecule has 0 saturated heterocycles. The van der Waals surface area contributed by atoms with Gasteiger partial charge in [-0.3, -0.25) is 9.59 Å². The molecule has 3 aromatic rings. The summed E-state index contributed by atoms with van der Waals surface area (Å²) >= 11 is 2.79. The van der Waals surface area contributed by atoms with E-state index < -0.39 is 10.0 Å². The number of rotatable bonds is 8. The molecule has 0 spiro atoms. The molecule has 8 nitrogen and oxygen atoms in total. The number of anilines is 1. The highest BCUT2D eigenvalue weighted by Gasteiger charge is 2.15. The third-order valence-electron chi connectivity index (χ3n) is 3.65. The molecule has 0 atom stereocenters. The lowest BCUT2D eigenvalue weighted by Crippen LogP contribution is -2.27. The molecule has 3 rings (SSSR count). The van der Waals surface area contributed by atoms with E-state index in [1.54, 1.807) is 11.3 Å². The molecule has 1 aromatic carbocycles. The maximum absolute atomic E-state index is 12.2. The summed E-state index contributed by atoms with van der Waals surface area (Å²) in [5.74, 6) is -0.518. The summed E-state index contributed by atoms with van der Waals surface area (Å²) in [5, 5.41) is 15.5. The number of sulfonamides is 1. The number of benzene rings is 1. The number of nitrogens with one attached hydrogen (secondary N) is 2. The third-order valence-corrected chi connectivity index (χ3v) is 6.70. The van der Waals surface area contributed by atoms with Crippen molar-refractivity contribution in [2.45, 2.75) is 18.2 Å². The molecular weight excluding hydrogens is 420 g/mol. The first-order valence-corrected chi connectivity index (χ1v) is 11.4. The van der Waals surface area contributed by atoms with Gasteiger partial charge in [0.15, 0.2) is 5.78 Å². The van der Waals surface area contributed by atoms with E-state index in [-0.39, 0.29) is 29.6 Å². The number of nitrogens with zero attached hydrogens (tertiary/aromatic N) is 2. The van der Waals surface area contributed by atoms with Crippen molar-refractivity contribution in [2.75, 3.05) is 11.9 Å². The van der Waals surface area contributed by atoms with Crippen LogP contribution >= 0.6 is 22.7 Å². The van der Waals surface area contributed by atoms with Gasteiger partial charge in [-0.15, -0.1) is 10.2 Å². The predicted molar refractivity (Wildman–Crippen MR) is 108 cm³/mol. The molecule has 28 heavy (non-hydrogen) atoms. The number of amides is 1. The molecular formula is C17H16N4O4S3. The Morgan fingerprint density at radius 1 is 1.11 bits per heavy atom. The molecule has 0 aliphatic heterocycles. The fourth-order valence-corrected chi connectivity index (χ4v) is 4.71. The van der Waals surface area contributed by atoms with Crippen LogP contribution in [-0.4, -0.2) is 36.9 Å². The van der Waals surface area contributed by atoms with E-state index in [0.29, 0.717) is 15.7 Å². The van der Waals surface area contributed by atoms with Crippen molar-refractivity contribution in [1.29, 1.82) is 0 Å². The van der Waals surface area contributed by atoms with Crippen LogP contribution in [0, 0.1) is 0 Å². The van der Waals surface area contributed by atoms with E-state index >= 15 is 0 Å². The summed E-state index contributed by atoms with van der Waals surface area (Å²) in [6.45, 7) is 1.33. The third kappa shape index (κ3) is 5.07. The second-order valence-corrected chi connectivity index (χ2v) is 9.23. The molecule has 0 bridgehead atoms. The number of Topliss-reactive ketones (excluding diaryl/α,β-unsaturated/α-hetero) is 1. The summed E-state index contributed by atoms with van der Waals surface area (Å²) in [6.07, 6.45) is -0.0574. The van der Waals surface area contributed by atoms with Crippen LogP contribution in [0.15, 0.2) is 46.0 Å². The maximum atomic E-state index is 12.2. The maximum Gasteiger partial charge on any atom is 0.240 e. The van der Waals surface area contributed by atoms with Crippen LogP contribution in [0.1, 0.15) is 23.7 Å². The Hall–Kier alpha value is -2.47. The van der Waals surface area contributed by atoms with Gasteiger partial charge in [0.25, 0.3) is 0 Å². The molecule has 2 N–H and O–H groups in total. The lowest BCUT2D eigenvalue weighted by molar-refractivity contribution is -0.116. The molecule has 1 amide bonds. The zero-order valence-electron chi connectivity index (χ0n) is 14.7. The van der Waals surface area contributed by atoms with Gasteiger partial charge in [-0.25, -0.2) is 13.1 Å². The van der Waals surface area contributed by atoms with E-state index in [9.17, 15) is 18.0 Å². The highest BCUT2D eigenvalue weighted by molar-refractivity contribution is 7.89. The molecule has 2 heterocycles. The quantitative estimate of drug-likeness (QED) is 0.524. The zero-order valence-corrected chi connectivity index (χ0v) is 17.2. The first-order chi connectivity index (χ1) is 13.3. The van der Waals surface area contributed by atoms with Gasteiger partial charge in [0.1, 0.15) is 5.01 Å². The lowest BCUT2D eigenvalue weighted by atomic mass is 10.2. The number of hydrogen-bond acceptors (Lipinski definition) is 8. The minimum Gasteiger partial charge on any atom is -0.300 e. The molecule has 0 fully saturated rings. The van der Waals surface area contributed by atoms with Crippen molar-refractivity contribution in [3.63, 3.8) is 0 Å². The molecule has 0 saturated carbocycles. The highest BCUT2D eigenvalue weighted by atomic mass is 32.2. The van der Waals surface area contributed by atoms with Crippen LogP contribution in [0.3, 0.4) is 0 Å². The molecule has 0 unspecified atom stereocenters. The summed E-state index contributed by atoms with van der Waals surface area (Å²) in [4.78, 5) is 23.3. The zero-order chi connectivity index (χ0) is 20.1. The van der Waals surface area contributed by atoms with Crippen LogP contribution in [0.25, 0.3) is 10.6 Å². The molecule has 0 aliphatic carbocycles. The molecule has 11 heteroatoms. The molecule has 0 aliphatic rings. The van der Waals surface area contributed by atoms with E-state index in [4.69, 9.17) is 0 Å². The van der Waals surface area contributed by atoms with Crippen molar-refractivity contribution in [1.82, 2.24) is 14.9 Å². The first kappa shape index (κ1) is 20.3. The molecule has 146 valence electrons. The van der Waals surface area contributed by atoms with Gasteiger partial charge in [0, 0.05) is 29.5 Å². The van der Waals surface area contributed by atoms with Crippen molar-refractivity contribution >= 4 is 49.5 Å². The lowest BCUT2D eigenvalue weighted by Gasteiger charge is -2.07. The monoisotopic (exact) mass is 436 g/mol. The van der Waals surface area contributed by atoms with Crippen molar-refractivity contribution in [2.24, 2.45) is 0 Å². The van der Waals surface area contributed by atoms with Gasteiger partial charge in [0.05, 0.1) is 4.90 Å². The smallest absolute Gasteiger partial charge is 0.240 e. The Morgan fingerprint density at radius 2 is 1.86 bits per heavy atom. The van der Waals surface area contributed by atoms with E-state index in [2.05, 4.69) is 20.2 Å². The van der Waals surface area contributed by atoms with Crippen LogP contribution in [0.5, 0.6) is 0 Å². The largest absolute Gasteiger partial charge is 0.300 e. The summed E-state index contributed by atoms with van der Waals surface area (Å²) in [7, 11) is -3.76. The molecule has 2 aromatic heterocycles. The van der Waals surface area contributed by atoms with Crippen molar-refractivity contribution < 1.29 is 18.0 Å². The fourth-order valence-electron chi connectivity index (χ4n) is 2.21. The topological polar surface area (TPSA) is 118 Å². The van der Waals surface area contributed by atoms with E-state index in [0.717, 1.165) is 5.56 Å². The normalized spacial score (nSPS) is 11.3. The van der Waals surface area contributed by atoms with Crippen molar-refractivity contribution in [3.8, 4) is 10.6 Å². The fraction of sp³-hybridized carbons (Fsp3) is 0.176. The van der Waals surface area contributed by atoms with Gasteiger partial charge in [-0.1, -0.05) is 23.5 Å². The van der Waals surface area contributed by atoms with Gasteiger partial charge in [-0.2, -0.15) is 11.3 Å². The summed E-state index contributed by atoms with van der Waals surface area (Å²) < 4.78 is 26.8. The number of carbonyl (C=O) groups is 2. The minimum atomic E-state index is -3.76. The average molecular weight is 437 g/mol. The molecule has 0 radical (unpaired) electrons. The summed E-state index contributed by atoms with van der Waals surface area (Å²) in [6, 6.07) is 7.52. The Kier molecular flexibility index (Phi) is 6.29. The number of ketones is 1. The van der Waals surface area contributed by atoms with Crippen LogP contribution in [0.2, 0.25) is 0 Å². The number of hydrogen-bond donors (Lipinski definition) is 2. The van der Waals surface area contributed by atoms with E-state index in [1.807, 2.05) is 16.8 Å². The minimum absolute atomic E-state index is 0.0300. The Bertz CT molecular complexity index is 1070. The van der Waals surface area contributed by atoms with Crippen molar-refractivity contribution in [3.05, 3.63) is 46.7 Å². The second-order valence-electron chi connectivity index (χ2n) is 5.70. The number of carbonyl (C=O) groups excluding carboxylic acids is 2. The van der Waals surface area contributed by atoms with Gasteiger partial charge in [-0.05, 0) is 30.5 Å². The SMILES string of the molecule is CC(=O)c1ccc(S(=O)(=O)NCCC(=O)Nc2nnc(-c3ccsc3)s2)cc1. The standard InChI is InChI=1S/C17H16N4O4S3/c1-11(22)12-2-4-14(5-3-12)28(24,25)18-8-6-15(23)19-17-21-20-16(27-17)13-7-9-26-10-13/h2-5,7,9-10,18H,6,8H2,1H3,(H,19,21,23). The van der Waals surface area contributed by atoms with Gasteiger partial charge in [0.2, 0.25) is 21.1 Å². The predicted octanol–water partition coefficient (Wildman–Crippen LogP) is 2.78. The van der Waals surface area contributed by atoms with Gasteiger partial charge >= 0.3 is 0 Å². The van der Waals surface area contributed by atoms with Crippen LogP contribution in [-0.2, 0) is 14.8 Å². The second kappa shape index (κ2) is 8.69. The number of aromatic nitrogens is 2.